The second-order valence-corrected chi connectivity index (χ2v) is 6.02. The first-order chi connectivity index (χ1) is 8.65. The van der Waals surface area contributed by atoms with Crippen molar-refractivity contribution in [3.05, 3.63) is 56.5 Å². The summed E-state index contributed by atoms with van der Waals surface area (Å²) >= 11 is 1.67. The van der Waals surface area contributed by atoms with E-state index in [9.17, 15) is 9.50 Å². The zero-order valence-electron chi connectivity index (χ0n) is 10.2. The van der Waals surface area contributed by atoms with Crippen molar-refractivity contribution in [1.82, 2.24) is 0 Å². The lowest BCUT2D eigenvalue weighted by Gasteiger charge is -2.12. The Morgan fingerprint density at radius 3 is 2.89 bits per heavy atom. The predicted octanol–water partition coefficient (Wildman–Crippen LogP) is 3.77. The van der Waals surface area contributed by atoms with E-state index in [1.54, 1.807) is 17.4 Å². The fraction of sp³-hybridized carbons (Fsp3) is 0.333. The van der Waals surface area contributed by atoms with E-state index < -0.39 is 6.10 Å². The number of hydrogen-bond acceptors (Lipinski definition) is 2. The molecule has 1 heterocycles. The molecule has 3 rings (SSSR count). The Hall–Kier alpha value is -1.19. The number of benzene rings is 1. The lowest BCUT2D eigenvalue weighted by molar-refractivity contribution is 0.223. The third-order valence-corrected chi connectivity index (χ3v) is 4.86. The molecule has 0 spiro atoms. The lowest BCUT2D eigenvalue weighted by atomic mass is 10.0. The molecule has 1 aliphatic carbocycles. The second kappa shape index (κ2) is 4.48. The predicted molar refractivity (Wildman–Crippen MR) is 71.5 cm³/mol. The van der Waals surface area contributed by atoms with Gasteiger partial charge in [0.2, 0.25) is 0 Å². The summed E-state index contributed by atoms with van der Waals surface area (Å²) in [6.45, 7) is 1.90. The van der Waals surface area contributed by atoms with Crippen LogP contribution in [0.15, 0.2) is 24.3 Å². The Morgan fingerprint density at radius 2 is 2.11 bits per heavy atom. The molecule has 0 bridgehead atoms. The van der Waals surface area contributed by atoms with E-state index >= 15 is 0 Å². The van der Waals surface area contributed by atoms with Crippen LogP contribution in [0.3, 0.4) is 0 Å². The molecule has 1 unspecified atom stereocenters. The highest BCUT2D eigenvalue weighted by atomic mass is 32.1. The van der Waals surface area contributed by atoms with E-state index in [4.69, 9.17) is 0 Å². The summed E-state index contributed by atoms with van der Waals surface area (Å²) in [5.41, 5.74) is 2.97. The third kappa shape index (κ3) is 1.98. The highest BCUT2D eigenvalue weighted by Crippen LogP contribution is 2.36. The minimum absolute atomic E-state index is 0.293. The number of aryl methyl sites for hydroxylation is 3. The molecule has 1 aliphatic rings. The SMILES string of the molecule is Cc1ccc(F)cc1C(O)c1cc2c(s1)CCC2. The van der Waals surface area contributed by atoms with Crippen molar-refractivity contribution in [2.45, 2.75) is 32.3 Å². The van der Waals surface area contributed by atoms with Crippen LogP contribution in [0.25, 0.3) is 0 Å². The summed E-state index contributed by atoms with van der Waals surface area (Å²) in [5.74, 6) is -0.293. The van der Waals surface area contributed by atoms with Crippen LogP contribution >= 0.6 is 11.3 Å². The summed E-state index contributed by atoms with van der Waals surface area (Å²) in [7, 11) is 0. The normalized spacial score (nSPS) is 15.7. The average Bonchev–Trinajstić information content (AvgIpc) is 2.91. The molecule has 0 aliphatic heterocycles. The van der Waals surface area contributed by atoms with Crippen molar-refractivity contribution < 1.29 is 9.50 Å². The lowest BCUT2D eigenvalue weighted by Crippen LogP contribution is -2.00. The Morgan fingerprint density at radius 1 is 1.28 bits per heavy atom. The summed E-state index contributed by atoms with van der Waals surface area (Å²) in [4.78, 5) is 2.33. The van der Waals surface area contributed by atoms with Gasteiger partial charge < -0.3 is 5.11 Å². The fourth-order valence-corrected chi connectivity index (χ4v) is 3.81. The second-order valence-electron chi connectivity index (χ2n) is 4.85. The van der Waals surface area contributed by atoms with Gasteiger partial charge in [-0.25, -0.2) is 4.39 Å². The number of halogens is 1. The first-order valence-electron chi connectivity index (χ1n) is 6.21. The van der Waals surface area contributed by atoms with E-state index in [2.05, 4.69) is 6.07 Å². The molecule has 18 heavy (non-hydrogen) atoms. The van der Waals surface area contributed by atoms with Crippen molar-refractivity contribution in [3.8, 4) is 0 Å². The van der Waals surface area contributed by atoms with Gasteiger partial charge in [0, 0.05) is 9.75 Å². The van der Waals surface area contributed by atoms with E-state index in [0.717, 1.165) is 23.3 Å². The molecule has 0 fully saturated rings. The zero-order valence-corrected chi connectivity index (χ0v) is 11.1. The maximum atomic E-state index is 13.3. The molecule has 2 aromatic rings. The van der Waals surface area contributed by atoms with Gasteiger partial charge in [-0.1, -0.05) is 6.07 Å². The van der Waals surface area contributed by atoms with Gasteiger partial charge in [0.1, 0.15) is 11.9 Å². The van der Waals surface area contributed by atoms with E-state index in [1.165, 1.54) is 29.0 Å². The Balaban J connectivity index is 1.98. The Labute approximate surface area is 110 Å². The molecule has 1 aromatic carbocycles. The van der Waals surface area contributed by atoms with Crippen molar-refractivity contribution in [2.24, 2.45) is 0 Å². The van der Waals surface area contributed by atoms with Gasteiger partial charge in [0.25, 0.3) is 0 Å². The molecule has 0 saturated carbocycles. The summed E-state index contributed by atoms with van der Waals surface area (Å²) in [5, 5.41) is 10.4. The minimum atomic E-state index is -0.698. The van der Waals surface area contributed by atoms with Crippen LogP contribution < -0.4 is 0 Å². The van der Waals surface area contributed by atoms with Crippen LogP contribution in [0.1, 0.15) is 39.0 Å². The molecule has 0 radical (unpaired) electrons. The number of fused-ring (bicyclic) bond motifs is 1. The highest BCUT2D eigenvalue weighted by molar-refractivity contribution is 7.12. The standard InChI is InChI=1S/C15H15FOS/c1-9-5-6-11(16)8-12(9)15(17)14-7-10-3-2-4-13(10)18-14/h5-8,15,17H,2-4H2,1H3. The molecule has 3 heteroatoms. The maximum Gasteiger partial charge on any atom is 0.123 e. The fourth-order valence-electron chi connectivity index (χ4n) is 2.55. The monoisotopic (exact) mass is 262 g/mol. The van der Waals surface area contributed by atoms with Crippen LogP contribution in [0, 0.1) is 12.7 Å². The van der Waals surface area contributed by atoms with Crippen molar-refractivity contribution in [1.29, 1.82) is 0 Å². The number of rotatable bonds is 2. The molecular weight excluding hydrogens is 247 g/mol. The average molecular weight is 262 g/mol. The Bertz CT molecular complexity index is 567. The molecule has 0 saturated heterocycles. The summed E-state index contributed by atoms with van der Waals surface area (Å²) in [6, 6.07) is 6.67. The van der Waals surface area contributed by atoms with Crippen LogP contribution in [-0.2, 0) is 12.8 Å². The van der Waals surface area contributed by atoms with Crippen LogP contribution in [0.4, 0.5) is 4.39 Å². The number of hydrogen-bond donors (Lipinski definition) is 1. The number of aliphatic hydroxyl groups is 1. The molecule has 94 valence electrons. The van der Waals surface area contributed by atoms with Gasteiger partial charge in [0.15, 0.2) is 0 Å². The molecule has 1 aromatic heterocycles. The van der Waals surface area contributed by atoms with Gasteiger partial charge >= 0.3 is 0 Å². The highest BCUT2D eigenvalue weighted by Gasteiger charge is 2.21. The summed E-state index contributed by atoms with van der Waals surface area (Å²) in [6.07, 6.45) is 2.75. The molecule has 0 amide bonds. The van der Waals surface area contributed by atoms with Crippen LogP contribution in [0.2, 0.25) is 0 Å². The first-order valence-corrected chi connectivity index (χ1v) is 7.02. The van der Waals surface area contributed by atoms with Crippen molar-refractivity contribution in [3.63, 3.8) is 0 Å². The van der Waals surface area contributed by atoms with Crippen LogP contribution in [0.5, 0.6) is 0 Å². The smallest absolute Gasteiger partial charge is 0.123 e. The first kappa shape index (κ1) is 11.9. The molecule has 1 N–H and O–H groups in total. The van der Waals surface area contributed by atoms with Gasteiger partial charge in [-0.3, -0.25) is 0 Å². The van der Waals surface area contributed by atoms with Crippen LogP contribution in [-0.4, -0.2) is 5.11 Å². The number of aliphatic hydroxyl groups excluding tert-OH is 1. The van der Waals surface area contributed by atoms with Gasteiger partial charge in [0.05, 0.1) is 0 Å². The maximum absolute atomic E-state index is 13.3. The van der Waals surface area contributed by atoms with E-state index in [1.807, 2.05) is 6.92 Å². The third-order valence-electron chi connectivity index (χ3n) is 3.57. The molecule has 1 atom stereocenters. The van der Waals surface area contributed by atoms with E-state index in [0.29, 0.717) is 5.56 Å². The molecular formula is C15H15FOS. The largest absolute Gasteiger partial charge is 0.383 e. The summed E-state index contributed by atoms with van der Waals surface area (Å²) < 4.78 is 13.3. The zero-order chi connectivity index (χ0) is 12.7. The van der Waals surface area contributed by atoms with Gasteiger partial charge in [-0.2, -0.15) is 0 Å². The topological polar surface area (TPSA) is 20.2 Å². The quantitative estimate of drug-likeness (QED) is 0.873. The van der Waals surface area contributed by atoms with Gasteiger partial charge in [-0.15, -0.1) is 11.3 Å². The van der Waals surface area contributed by atoms with E-state index in [-0.39, 0.29) is 5.82 Å². The van der Waals surface area contributed by atoms with Crippen molar-refractivity contribution in [2.75, 3.05) is 0 Å². The molecule has 1 nitrogen and oxygen atoms in total. The number of thiophene rings is 1. The minimum Gasteiger partial charge on any atom is -0.383 e. The van der Waals surface area contributed by atoms with Crippen molar-refractivity contribution >= 4 is 11.3 Å². The van der Waals surface area contributed by atoms with Gasteiger partial charge in [-0.05, 0) is 61.1 Å². The Kier molecular flexibility index (Phi) is 2.96.